The van der Waals surface area contributed by atoms with Crippen LogP contribution in [0.3, 0.4) is 0 Å². The number of hydrogen-bond donors (Lipinski definition) is 0. The molecule has 3 rings (SSSR count). The average Bonchev–Trinajstić information content (AvgIpc) is 3.03. The molecule has 0 aromatic heterocycles. The maximum Gasteiger partial charge on any atom is -0.00631 e. The van der Waals surface area contributed by atoms with Gasteiger partial charge in [-0.3, -0.25) is 0 Å². The first-order valence-electron chi connectivity index (χ1n) is 9.18. The lowest BCUT2D eigenvalue weighted by atomic mass is 9.77. The summed E-state index contributed by atoms with van der Waals surface area (Å²) in [7, 11) is 0. The van der Waals surface area contributed by atoms with Gasteiger partial charge in [-0.25, -0.2) is 0 Å². The van der Waals surface area contributed by atoms with Crippen molar-refractivity contribution in [1.82, 2.24) is 0 Å². The molecule has 0 nitrogen and oxygen atoms in total. The summed E-state index contributed by atoms with van der Waals surface area (Å²) in [6.07, 6.45) is 8.10. The van der Waals surface area contributed by atoms with Crippen molar-refractivity contribution in [3.63, 3.8) is 0 Å². The largest absolute Gasteiger partial charge is 0.0622 e. The molecule has 0 aliphatic heterocycles. The van der Waals surface area contributed by atoms with Gasteiger partial charge in [-0.15, -0.1) is 0 Å². The summed E-state index contributed by atoms with van der Waals surface area (Å²) in [4.78, 5) is 0. The molecule has 0 N–H and O–H groups in total. The van der Waals surface area contributed by atoms with E-state index in [1.54, 1.807) is 5.56 Å². The van der Waals surface area contributed by atoms with Gasteiger partial charge in [-0.1, -0.05) is 88.1 Å². The van der Waals surface area contributed by atoms with Gasteiger partial charge in [0.15, 0.2) is 0 Å². The van der Waals surface area contributed by atoms with Gasteiger partial charge >= 0.3 is 0 Å². The fourth-order valence-corrected chi connectivity index (χ4v) is 4.05. The zero-order chi connectivity index (χ0) is 16.3. The predicted octanol–water partition coefficient (Wildman–Crippen LogP) is 6.25. The van der Waals surface area contributed by atoms with Crippen molar-refractivity contribution in [2.45, 2.75) is 64.7 Å². The van der Waals surface area contributed by atoms with E-state index >= 15 is 0 Å². The maximum atomic E-state index is 2.50. The van der Waals surface area contributed by atoms with Crippen molar-refractivity contribution >= 4 is 0 Å². The molecule has 0 unspecified atom stereocenters. The van der Waals surface area contributed by atoms with Gasteiger partial charge in [-0.05, 0) is 53.4 Å². The second-order valence-electron chi connectivity index (χ2n) is 8.04. The number of hydrogen-bond acceptors (Lipinski definition) is 0. The van der Waals surface area contributed by atoms with Gasteiger partial charge in [-0.2, -0.15) is 0 Å². The first kappa shape index (κ1) is 16.3. The van der Waals surface area contributed by atoms with Crippen molar-refractivity contribution in [2.75, 3.05) is 0 Å². The van der Waals surface area contributed by atoms with E-state index in [-0.39, 0.29) is 5.41 Å². The van der Waals surface area contributed by atoms with Crippen LogP contribution in [0.25, 0.3) is 0 Å². The Morgan fingerprint density at radius 2 is 1.65 bits per heavy atom. The van der Waals surface area contributed by atoms with Crippen LogP contribution in [0.5, 0.6) is 0 Å². The molecule has 122 valence electrons. The van der Waals surface area contributed by atoms with Crippen molar-refractivity contribution in [1.29, 1.82) is 0 Å². The summed E-state index contributed by atoms with van der Waals surface area (Å²) in [5, 5.41) is 0. The summed E-state index contributed by atoms with van der Waals surface area (Å²) in [5.74, 6) is 0.918. The third-order valence-corrected chi connectivity index (χ3v) is 5.60. The predicted molar refractivity (Wildman–Crippen MR) is 100 cm³/mol. The molecule has 23 heavy (non-hydrogen) atoms. The lowest BCUT2D eigenvalue weighted by Gasteiger charge is -2.27. The van der Waals surface area contributed by atoms with Crippen LogP contribution in [-0.4, -0.2) is 0 Å². The van der Waals surface area contributed by atoms with Crippen LogP contribution >= 0.6 is 0 Å². The normalized spacial score (nSPS) is 16.0. The average molecular weight is 306 g/mol. The molecule has 0 saturated heterocycles. The Hall–Kier alpha value is -1.56. The van der Waals surface area contributed by atoms with Crippen molar-refractivity contribution in [2.24, 2.45) is 5.92 Å². The quantitative estimate of drug-likeness (QED) is 0.612. The van der Waals surface area contributed by atoms with E-state index in [1.807, 2.05) is 0 Å². The molecule has 2 aromatic carbocycles. The Morgan fingerprint density at radius 3 is 2.35 bits per heavy atom. The summed E-state index contributed by atoms with van der Waals surface area (Å²) in [6.45, 7) is 7.03. The number of aryl methyl sites for hydroxylation is 1. The van der Waals surface area contributed by atoms with Gasteiger partial charge < -0.3 is 0 Å². The number of benzene rings is 2. The van der Waals surface area contributed by atoms with E-state index in [1.165, 1.54) is 48.8 Å². The summed E-state index contributed by atoms with van der Waals surface area (Å²) >= 11 is 0. The topological polar surface area (TPSA) is 0 Å². The smallest absolute Gasteiger partial charge is 0.00631 e. The van der Waals surface area contributed by atoms with Crippen LogP contribution in [0.1, 0.15) is 61.8 Å². The fraction of sp³-hybridized carbons (Fsp3) is 0.478. The van der Waals surface area contributed by atoms with E-state index in [0.717, 1.165) is 12.3 Å². The highest BCUT2D eigenvalue weighted by Crippen LogP contribution is 2.32. The monoisotopic (exact) mass is 306 g/mol. The van der Waals surface area contributed by atoms with Crippen LogP contribution in [0.15, 0.2) is 48.5 Å². The summed E-state index contributed by atoms with van der Waals surface area (Å²) in [5.41, 5.74) is 6.14. The highest BCUT2D eigenvalue weighted by atomic mass is 14.3. The van der Waals surface area contributed by atoms with E-state index in [4.69, 9.17) is 0 Å². The second kappa shape index (κ2) is 6.91. The third-order valence-electron chi connectivity index (χ3n) is 5.60. The minimum absolute atomic E-state index is 0.180. The van der Waals surface area contributed by atoms with Crippen molar-refractivity contribution < 1.29 is 0 Å². The molecule has 0 spiro atoms. The van der Waals surface area contributed by atoms with E-state index in [0.29, 0.717) is 0 Å². The minimum atomic E-state index is 0.180. The molecule has 1 aliphatic carbocycles. The van der Waals surface area contributed by atoms with E-state index in [9.17, 15) is 0 Å². The summed E-state index contributed by atoms with van der Waals surface area (Å²) < 4.78 is 0. The molecule has 0 heterocycles. The molecule has 1 fully saturated rings. The fourth-order valence-electron chi connectivity index (χ4n) is 4.05. The Morgan fingerprint density at radius 1 is 0.957 bits per heavy atom. The molecule has 0 radical (unpaired) electrons. The van der Waals surface area contributed by atoms with Gasteiger partial charge in [0, 0.05) is 0 Å². The van der Waals surface area contributed by atoms with Gasteiger partial charge in [0.1, 0.15) is 0 Å². The Bertz CT molecular complexity index is 630. The standard InChI is InChI=1S/C23H30/c1-18-13-14-22(16-21(18)15-19-9-7-8-10-19)23(2,3)17-20-11-5-4-6-12-20/h4-6,11-14,16,19H,7-10,15,17H2,1-3H3. The molecular formula is C23H30. The van der Waals surface area contributed by atoms with Crippen LogP contribution < -0.4 is 0 Å². The highest BCUT2D eigenvalue weighted by Gasteiger charge is 2.23. The Balaban J connectivity index is 1.80. The molecular weight excluding hydrogens is 276 g/mol. The third kappa shape index (κ3) is 4.05. The maximum absolute atomic E-state index is 2.50. The minimum Gasteiger partial charge on any atom is -0.0622 e. The molecule has 1 saturated carbocycles. The van der Waals surface area contributed by atoms with Gasteiger partial charge in [0.25, 0.3) is 0 Å². The molecule has 2 aromatic rings. The second-order valence-corrected chi connectivity index (χ2v) is 8.04. The lowest BCUT2D eigenvalue weighted by molar-refractivity contribution is 0.516. The highest BCUT2D eigenvalue weighted by molar-refractivity contribution is 5.36. The van der Waals surface area contributed by atoms with Gasteiger partial charge in [0.05, 0.1) is 0 Å². The van der Waals surface area contributed by atoms with Gasteiger partial charge in [0.2, 0.25) is 0 Å². The van der Waals surface area contributed by atoms with Crippen LogP contribution in [-0.2, 0) is 18.3 Å². The first-order chi connectivity index (χ1) is 11.0. The molecule has 0 amide bonds. The first-order valence-corrected chi connectivity index (χ1v) is 9.18. The van der Waals surface area contributed by atoms with E-state index < -0.39 is 0 Å². The lowest BCUT2D eigenvalue weighted by Crippen LogP contribution is -2.21. The van der Waals surface area contributed by atoms with E-state index in [2.05, 4.69) is 69.3 Å². The Kier molecular flexibility index (Phi) is 4.90. The molecule has 0 bridgehead atoms. The van der Waals surface area contributed by atoms with Crippen LogP contribution in [0, 0.1) is 12.8 Å². The Labute approximate surface area is 141 Å². The molecule has 0 heteroatoms. The zero-order valence-corrected chi connectivity index (χ0v) is 14.9. The summed E-state index contributed by atoms with van der Waals surface area (Å²) in [6, 6.07) is 18.1. The molecule has 1 aliphatic rings. The van der Waals surface area contributed by atoms with Crippen molar-refractivity contribution in [3.8, 4) is 0 Å². The van der Waals surface area contributed by atoms with Crippen LogP contribution in [0.2, 0.25) is 0 Å². The zero-order valence-electron chi connectivity index (χ0n) is 14.9. The van der Waals surface area contributed by atoms with Crippen molar-refractivity contribution in [3.05, 3.63) is 70.8 Å². The van der Waals surface area contributed by atoms with Crippen LogP contribution in [0.4, 0.5) is 0 Å². The SMILES string of the molecule is Cc1ccc(C(C)(C)Cc2ccccc2)cc1CC1CCCC1. The number of rotatable bonds is 5. The molecule has 0 atom stereocenters.